The number of carboxylic acid groups (broad SMARTS) is 1. The molecule has 0 aromatic rings. The summed E-state index contributed by atoms with van der Waals surface area (Å²) >= 11 is 0. The topological polar surface area (TPSA) is 37.3 Å². The lowest BCUT2D eigenvalue weighted by Gasteiger charge is -2.09. The summed E-state index contributed by atoms with van der Waals surface area (Å²) in [6.45, 7) is 2.30. The smallest absolute Gasteiger partial charge is 0.303 e. The Labute approximate surface area is 99.4 Å². The van der Waals surface area contributed by atoms with Crippen LogP contribution in [0.2, 0.25) is 0 Å². The summed E-state index contributed by atoms with van der Waals surface area (Å²) in [5.74, 6) is 1.32. The van der Waals surface area contributed by atoms with Gasteiger partial charge >= 0.3 is 5.97 Å². The average molecular weight is 226 g/mol. The number of carboxylic acids is 1. The highest BCUT2D eigenvalue weighted by molar-refractivity contribution is 5.66. The highest BCUT2D eigenvalue weighted by Crippen LogP contribution is 2.35. The third-order valence-electron chi connectivity index (χ3n) is 3.98. The molecule has 0 aliphatic heterocycles. The number of rotatable bonds is 8. The van der Waals surface area contributed by atoms with Crippen LogP contribution in [0.1, 0.15) is 71.1 Å². The van der Waals surface area contributed by atoms with Crippen LogP contribution in [0.4, 0.5) is 0 Å². The average Bonchev–Trinajstić information content (AvgIpc) is 2.70. The first kappa shape index (κ1) is 13.5. The number of hydrogen-bond donors (Lipinski definition) is 1. The highest BCUT2D eigenvalue weighted by Gasteiger charge is 2.22. The van der Waals surface area contributed by atoms with Crippen LogP contribution in [0.25, 0.3) is 0 Å². The molecule has 1 saturated carbocycles. The summed E-state index contributed by atoms with van der Waals surface area (Å²) in [5, 5.41) is 8.50. The van der Waals surface area contributed by atoms with Crippen LogP contribution < -0.4 is 0 Å². The van der Waals surface area contributed by atoms with Gasteiger partial charge < -0.3 is 5.11 Å². The molecule has 0 radical (unpaired) electrons. The maximum Gasteiger partial charge on any atom is 0.303 e. The summed E-state index contributed by atoms with van der Waals surface area (Å²) in [6, 6.07) is 0. The molecular formula is C14H26O2. The Hall–Kier alpha value is -0.530. The SMILES string of the molecule is CCC1CCC(CCCCCCC(=O)O)C1. The predicted molar refractivity (Wildman–Crippen MR) is 66.5 cm³/mol. The maximum atomic E-state index is 10.3. The number of carbonyl (C=O) groups is 1. The van der Waals surface area contributed by atoms with Crippen molar-refractivity contribution in [1.82, 2.24) is 0 Å². The molecule has 16 heavy (non-hydrogen) atoms. The molecule has 0 amide bonds. The molecule has 0 bridgehead atoms. The number of unbranched alkanes of at least 4 members (excludes halogenated alkanes) is 3. The van der Waals surface area contributed by atoms with Crippen LogP contribution in [0.5, 0.6) is 0 Å². The second-order valence-electron chi connectivity index (χ2n) is 5.30. The van der Waals surface area contributed by atoms with Gasteiger partial charge in [0.15, 0.2) is 0 Å². The third kappa shape index (κ3) is 5.53. The molecule has 1 fully saturated rings. The van der Waals surface area contributed by atoms with Crippen LogP contribution in [-0.2, 0) is 4.79 Å². The minimum atomic E-state index is -0.651. The number of aliphatic carboxylic acids is 1. The molecule has 0 aromatic heterocycles. The molecule has 0 saturated heterocycles. The van der Waals surface area contributed by atoms with Gasteiger partial charge in [0.2, 0.25) is 0 Å². The van der Waals surface area contributed by atoms with Gasteiger partial charge in [-0.05, 0) is 24.7 Å². The van der Waals surface area contributed by atoms with E-state index in [0.29, 0.717) is 6.42 Å². The lowest BCUT2D eigenvalue weighted by atomic mass is 9.97. The fourth-order valence-electron chi connectivity index (χ4n) is 2.87. The summed E-state index contributed by atoms with van der Waals surface area (Å²) in [6.07, 6.45) is 11.9. The molecule has 94 valence electrons. The van der Waals surface area contributed by atoms with Crippen LogP contribution in [0.3, 0.4) is 0 Å². The van der Waals surface area contributed by atoms with E-state index in [1.54, 1.807) is 0 Å². The monoisotopic (exact) mass is 226 g/mol. The summed E-state index contributed by atoms with van der Waals surface area (Å²) in [5.41, 5.74) is 0. The van der Waals surface area contributed by atoms with Crippen molar-refractivity contribution in [2.24, 2.45) is 11.8 Å². The Morgan fingerprint density at radius 2 is 1.81 bits per heavy atom. The Morgan fingerprint density at radius 3 is 2.44 bits per heavy atom. The van der Waals surface area contributed by atoms with Gasteiger partial charge in [-0.3, -0.25) is 4.79 Å². The predicted octanol–water partition coefficient (Wildman–Crippen LogP) is 4.24. The van der Waals surface area contributed by atoms with Crippen molar-refractivity contribution in [1.29, 1.82) is 0 Å². The van der Waals surface area contributed by atoms with Crippen molar-refractivity contribution in [3.8, 4) is 0 Å². The fraction of sp³-hybridized carbons (Fsp3) is 0.929. The molecule has 0 spiro atoms. The molecule has 0 heterocycles. The molecule has 1 aliphatic rings. The van der Waals surface area contributed by atoms with Gasteiger partial charge in [0.05, 0.1) is 0 Å². The van der Waals surface area contributed by atoms with Crippen LogP contribution in [-0.4, -0.2) is 11.1 Å². The molecule has 0 aromatic carbocycles. The molecule has 1 N–H and O–H groups in total. The standard InChI is InChI=1S/C14H26O2/c1-2-12-9-10-13(11-12)7-5-3-4-6-8-14(15)16/h12-13H,2-11H2,1H3,(H,15,16). The first-order valence-corrected chi connectivity index (χ1v) is 6.94. The van der Waals surface area contributed by atoms with Crippen molar-refractivity contribution < 1.29 is 9.90 Å². The fourth-order valence-corrected chi connectivity index (χ4v) is 2.87. The van der Waals surface area contributed by atoms with E-state index in [1.165, 1.54) is 44.9 Å². The van der Waals surface area contributed by atoms with E-state index >= 15 is 0 Å². The van der Waals surface area contributed by atoms with Crippen molar-refractivity contribution in [3.05, 3.63) is 0 Å². The van der Waals surface area contributed by atoms with Crippen LogP contribution >= 0.6 is 0 Å². The molecule has 2 nitrogen and oxygen atoms in total. The molecule has 2 unspecified atom stereocenters. The Kier molecular flexibility index (Phi) is 6.51. The molecule has 2 heteroatoms. The largest absolute Gasteiger partial charge is 0.481 e. The van der Waals surface area contributed by atoms with Crippen molar-refractivity contribution in [2.75, 3.05) is 0 Å². The molecule has 2 atom stereocenters. The third-order valence-corrected chi connectivity index (χ3v) is 3.98. The van der Waals surface area contributed by atoms with E-state index in [9.17, 15) is 4.79 Å². The van der Waals surface area contributed by atoms with E-state index in [1.807, 2.05) is 0 Å². The lowest BCUT2D eigenvalue weighted by Crippen LogP contribution is -1.97. The molecule has 1 aliphatic carbocycles. The van der Waals surface area contributed by atoms with Crippen molar-refractivity contribution >= 4 is 5.97 Å². The Balaban J connectivity index is 1.90. The minimum absolute atomic E-state index is 0.349. The van der Waals surface area contributed by atoms with E-state index < -0.39 is 5.97 Å². The summed E-state index contributed by atoms with van der Waals surface area (Å²) in [7, 11) is 0. The second kappa shape index (κ2) is 7.70. The van der Waals surface area contributed by atoms with Crippen LogP contribution in [0, 0.1) is 11.8 Å². The summed E-state index contributed by atoms with van der Waals surface area (Å²) < 4.78 is 0. The van der Waals surface area contributed by atoms with Crippen molar-refractivity contribution in [3.63, 3.8) is 0 Å². The minimum Gasteiger partial charge on any atom is -0.481 e. The Bertz CT molecular complexity index is 201. The van der Waals surface area contributed by atoms with E-state index in [-0.39, 0.29) is 0 Å². The normalized spacial score (nSPS) is 24.8. The zero-order valence-corrected chi connectivity index (χ0v) is 10.6. The first-order chi connectivity index (χ1) is 7.72. The van der Waals surface area contributed by atoms with Gasteiger partial charge in [0.25, 0.3) is 0 Å². The maximum absolute atomic E-state index is 10.3. The van der Waals surface area contributed by atoms with Crippen molar-refractivity contribution in [2.45, 2.75) is 71.1 Å². The van der Waals surface area contributed by atoms with Crippen LogP contribution in [0.15, 0.2) is 0 Å². The van der Waals surface area contributed by atoms with Gasteiger partial charge in [-0.1, -0.05) is 51.9 Å². The zero-order valence-electron chi connectivity index (χ0n) is 10.6. The summed E-state index contributed by atoms with van der Waals surface area (Å²) in [4.78, 5) is 10.3. The second-order valence-corrected chi connectivity index (χ2v) is 5.30. The van der Waals surface area contributed by atoms with Gasteiger partial charge in [-0.25, -0.2) is 0 Å². The zero-order chi connectivity index (χ0) is 11.8. The molecular weight excluding hydrogens is 200 g/mol. The van der Waals surface area contributed by atoms with E-state index in [0.717, 1.165) is 24.7 Å². The highest BCUT2D eigenvalue weighted by atomic mass is 16.4. The quantitative estimate of drug-likeness (QED) is 0.629. The Morgan fingerprint density at radius 1 is 1.12 bits per heavy atom. The van der Waals surface area contributed by atoms with Gasteiger partial charge in [0.1, 0.15) is 0 Å². The molecule has 1 rings (SSSR count). The van der Waals surface area contributed by atoms with E-state index in [4.69, 9.17) is 5.11 Å². The number of hydrogen-bond acceptors (Lipinski definition) is 1. The van der Waals surface area contributed by atoms with Gasteiger partial charge in [-0.2, -0.15) is 0 Å². The first-order valence-electron chi connectivity index (χ1n) is 6.94. The van der Waals surface area contributed by atoms with Gasteiger partial charge in [0, 0.05) is 6.42 Å². The van der Waals surface area contributed by atoms with E-state index in [2.05, 4.69) is 6.92 Å². The lowest BCUT2D eigenvalue weighted by molar-refractivity contribution is -0.137. The van der Waals surface area contributed by atoms with Gasteiger partial charge in [-0.15, -0.1) is 0 Å².